The first-order valence-electron chi connectivity index (χ1n) is 5.09. The van der Waals surface area contributed by atoms with Gasteiger partial charge in [0.15, 0.2) is 0 Å². The Bertz CT molecular complexity index is 400. The summed E-state index contributed by atoms with van der Waals surface area (Å²) in [6.45, 7) is 1.17. The van der Waals surface area contributed by atoms with Crippen molar-refractivity contribution in [1.29, 1.82) is 0 Å². The van der Waals surface area contributed by atoms with E-state index in [0.717, 1.165) is 6.42 Å². The van der Waals surface area contributed by atoms with Gasteiger partial charge in [-0.2, -0.15) is 0 Å². The molecule has 0 aliphatic carbocycles. The van der Waals surface area contributed by atoms with Gasteiger partial charge in [-0.3, -0.25) is 9.59 Å². The van der Waals surface area contributed by atoms with Crippen molar-refractivity contribution in [1.82, 2.24) is 9.88 Å². The highest BCUT2D eigenvalue weighted by Crippen LogP contribution is 1.98. The molecule has 16 heavy (non-hydrogen) atoms. The van der Waals surface area contributed by atoms with E-state index in [9.17, 15) is 9.59 Å². The number of aromatic nitrogens is 1. The zero-order valence-corrected chi connectivity index (χ0v) is 9.53. The average molecular weight is 224 g/mol. The molecule has 1 N–H and O–H groups in total. The Balaban J connectivity index is 2.64. The first-order chi connectivity index (χ1) is 7.66. The van der Waals surface area contributed by atoms with E-state index in [1.54, 1.807) is 20.2 Å². The van der Waals surface area contributed by atoms with Gasteiger partial charge in [0.2, 0.25) is 0 Å². The van der Waals surface area contributed by atoms with Gasteiger partial charge in [0, 0.05) is 33.5 Å². The van der Waals surface area contributed by atoms with Crippen molar-refractivity contribution >= 4 is 5.91 Å². The predicted molar refractivity (Wildman–Crippen MR) is 60.5 cm³/mol. The molecule has 0 bridgehead atoms. The van der Waals surface area contributed by atoms with Gasteiger partial charge >= 0.3 is 0 Å². The molecule has 1 amide bonds. The van der Waals surface area contributed by atoms with Crippen LogP contribution < -0.4 is 5.56 Å². The number of nitrogens with zero attached hydrogens (tertiary/aromatic N) is 1. The van der Waals surface area contributed by atoms with Crippen LogP contribution in [-0.4, -0.2) is 43.1 Å². The molecule has 0 unspecified atom stereocenters. The van der Waals surface area contributed by atoms with Gasteiger partial charge in [-0.05, 0) is 18.6 Å². The lowest BCUT2D eigenvalue weighted by atomic mass is 10.2. The van der Waals surface area contributed by atoms with E-state index in [-0.39, 0.29) is 17.0 Å². The number of aromatic amines is 1. The van der Waals surface area contributed by atoms with Crippen LogP contribution in [0.25, 0.3) is 0 Å². The number of rotatable bonds is 5. The van der Waals surface area contributed by atoms with E-state index in [0.29, 0.717) is 13.2 Å². The van der Waals surface area contributed by atoms with E-state index in [1.165, 1.54) is 17.2 Å². The van der Waals surface area contributed by atoms with Crippen LogP contribution in [-0.2, 0) is 4.74 Å². The number of nitrogens with one attached hydrogen (secondary N) is 1. The number of methoxy groups -OCH3 is 1. The summed E-state index contributed by atoms with van der Waals surface area (Å²) in [5, 5.41) is 0. The molecule has 5 nitrogen and oxygen atoms in total. The second-order valence-electron chi connectivity index (χ2n) is 3.49. The number of ether oxygens (including phenoxy) is 1. The summed E-state index contributed by atoms with van der Waals surface area (Å²) in [5.74, 6) is -0.266. The number of carbonyl (C=O) groups is 1. The lowest BCUT2D eigenvalue weighted by molar-refractivity contribution is 0.0777. The minimum Gasteiger partial charge on any atom is -0.385 e. The molecule has 0 saturated carbocycles. The first kappa shape index (κ1) is 12.4. The zero-order chi connectivity index (χ0) is 12.0. The monoisotopic (exact) mass is 224 g/mol. The van der Waals surface area contributed by atoms with Crippen molar-refractivity contribution in [3.8, 4) is 0 Å². The highest BCUT2D eigenvalue weighted by molar-refractivity contribution is 5.93. The minimum absolute atomic E-state index is 0.169. The molecular weight excluding hydrogens is 208 g/mol. The molecule has 0 aliphatic heterocycles. The third-order valence-electron chi connectivity index (χ3n) is 2.24. The van der Waals surface area contributed by atoms with Crippen LogP contribution >= 0.6 is 0 Å². The van der Waals surface area contributed by atoms with Crippen molar-refractivity contribution < 1.29 is 9.53 Å². The molecular formula is C11H16N2O3. The first-order valence-corrected chi connectivity index (χ1v) is 5.09. The van der Waals surface area contributed by atoms with Crippen LogP contribution in [0.2, 0.25) is 0 Å². The molecule has 1 rings (SSSR count). The molecule has 5 heteroatoms. The number of pyridine rings is 1. The Morgan fingerprint density at radius 2 is 2.31 bits per heavy atom. The molecule has 0 fully saturated rings. The maximum absolute atomic E-state index is 11.8. The number of amides is 1. The molecule has 1 aromatic rings. The van der Waals surface area contributed by atoms with Crippen molar-refractivity contribution in [2.75, 3.05) is 27.3 Å². The average Bonchev–Trinajstić information content (AvgIpc) is 2.29. The molecule has 88 valence electrons. The summed E-state index contributed by atoms with van der Waals surface area (Å²) in [7, 11) is 3.29. The fraction of sp³-hybridized carbons (Fsp3) is 0.455. The third-order valence-corrected chi connectivity index (χ3v) is 2.24. The van der Waals surface area contributed by atoms with Crippen LogP contribution in [0.15, 0.2) is 23.1 Å². The summed E-state index contributed by atoms with van der Waals surface area (Å²) in [6.07, 6.45) is 2.26. The third kappa shape index (κ3) is 3.20. The van der Waals surface area contributed by atoms with Gasteiger partial charge in [-0.15, -0.1) is 0 Å². The van der Waals surface area contributed by atoms with Gasteiger partial charge in [-0.1, -0.05) is 0 Å². The normalized spacial score (nSPS) is 10.1. The molecule has 0 aliphatic rings. The standard InChI is InChI=1S/C11H16N2O3/c1-13(7-4-8-16-2)11(15)9-5-3-6-12-10(9)14/h3,5-6H,4,7-8H2,1-2H3,(H,12,14). The van der Waals surface area contributed by atoms with Crippen LogP contribution in [0.1, 0.15) is 16.8 Å². The van der Waals surface area contributed by atoms with Crippen molar-refractivity contribution in [2.24, 2.45) is 0 Å². The molecule has 0 spiro atoms. The van der Waals surface area contributed by atoms with Gasteiger partial charge in [-0.25, -0.2) is 0 Å². The SMILES string of the molecule is COCCCN(C)C(=O)c1ccc[nH]c1=O. The molecule has 0 saturated heterocycles. The lowest BCUT2D eigenvalue weighted by Gasteiger charge is -2.16. The summed E-state index contributed by atoms with van der Waals surface area (Å²) in [4.78, 5) is 27.2. The Morgan fingerprint density at radius 1 is 1.56 bits per heavy atom. The molecule has 0 aromatic carbocycles. The Morgan fingerprint density at radius 3 is 2.94 bits per heavy atom. The van der Waals surface area contributed by atoms with Gasteiger partial charge in [0.25, 0.3) is 11.5 Å². The quantitative estimate of drug-likeness (QED) is 0.740. The molecule has 0 atom stereocenters. The fourth-order valence-corrected chi connectivity index (χ4v) is 1.34. The molecule has 1 heterocycles. The maximum atomic E-state index is 11.8. The van der Waals surface area contributed by atoms with Crippen molar-refractivity contribution in [2.45, 2.75) is 6.42 Å². The Kier molecular flexibility index (Phi) is 4.72. The van der Waals surface area contributed by atoms with Crippen molar-refractivity contribution in [3.05, 3.63) is 34.2 Å². The molecule has 0 radical (unpaired) electrons. The van der Waals surface area contributed by atoms with E-state index in [1.807, 2.05) is 0 Å². The highest BCUT2D eigenvalue weighted by atomic mass is 16.5. The number of hydrogen-bond acceptors (Lipinski definition) is 3. The van der Waals surface area contributed by atoms with Gasteiger partial charge in [0.05, 0.1) is 0 Å². The number of H-pyrrole nitrogens is 1. The van der Waals surface area contributed by atoms with Crippen LogP contribution in [0.3, 0.4) is 0 Å². The van der Waals surface area contributed by atoms with Crippen LogP contribution in [0, 0.1) is 0 Å². The van der Waals surface area contributed by atoms with Crippen molar-refractivity contribution in [3.63, 3.8) is 0 Å². The lowest BCUT2D eigenvalue weighted by Crippen LogP contribution is -2.32. The summed E-state index contributed by atoms with van der Waals surface area (Å²) < 4.78 is 4.90. The smallest absolute Gasteiger partial charge is 0.260 e. The van der Waals surface area contributed by atoms with Crippen LogP contribution in [0.5, 0.6) is 0 Å². The van der Waals surface area contributed by atoms with E-state index in [2.05, 4.69) is 4.98 Å². The molecule has 1 aromatic heterocycles. The number of carbonyl (C=O) groups excluding carboxylic acids is 1. The highest BCUT2D eigenvalue weighted by Gasteiger charge is 2.13. The largest absolute Gasteiger partial charge is 0.385 e. The van der Waals surface area contributed by atoms with E-state index in [4.69, 9.17) is 4.74 Å². The van der Waals surface area contributed by atoms with Gasteiger partial charge in [0.1, 0.15) is 5.56 Å². The predicted octanol–water partition coefficient (Wildman–Crippen LogP) is 0.483. The van der Waals surface area contributed by atoms with E-state index < -0.39 is 0 Å². The summed E-state index contributed by atoms with van der Waals surface area (Å²) >= 11 is 0. The Hall–Kier alpha value is -1.62. The second-order valence-corrected chi connectivity index (χ2v) is 3.49. The topological polar surface area (TPSA) is 62.4 Å². The maximum Gasteiger partial charge on any atom is 0.260 e. The van der Waals surface area contributed by atoms with Gasteiger partial charge < -0.3 is 14.6 Å². The summed E-state index contributed by atoms with van der Waals surface area (Å²) in [5.41, 5.74) is -0.187. The Labute approximate surface area is 94.0 Å². The summed E-state index contributed by atoms with van der Waals surface area (Å²) in [6, 6.07) is 3.16. The fourth-order valence-electron chi connectivity index (χ4n) is 1.34. The second kappa shape index (κ2) is 6.07. The van der Waals surface area contributed by atoms with Crippen LogP contribution in [0.4, 0.5) is 0 Å². The van der Waals surface area contributed by atoms with E-state index >= 15 is 0 Å². The number of hydrogen-bond donors (Lipinski definition) is 1. The minimum atomic E-state index is -0.355. The zero-order valence-electron chi connectivity index (χ0n) is 9.53.